The number of nitrogens with zero attached hydrogens (tertiary/aromatic N) is 5. The fourth-order valence-electron chi connectivity index (χ4n) is 4.22. The SMILES string of the molecule is CC(C)(C)OC(=O)NCC(=O)NCc1cccc(-c2cnc(N3CCN(c4ncccc4CN)CC3)nc2)c1. The molecule has 0 saturated carbocycles. The summed E-state index contributed by atoms with van der Waals surface area (Å²) in [7, 11) is 0. The van der Waals surface area contributed by atoms with Crippen LogP contribution in [0.1, 0.15) is 31.9 Å². The lowest BCUT2D eigenvalue weighted by Crippen LogP contribution is -2.47. The van der Waals surface area contributed by atoms with Gasteiger partial charge in [0.2, 0.25) is 11.9 Å². The van der Waals surface area contributed by atoms with Gasteiger partial charge >= 0.3 is 6.09 Å². The first-order valence-corrected chi connectivity index (χ1v) is 13.0. The molecule has 1 fully saturated rings. The predicted molar refractivity (Wildman–Crippen MR) is 150 cm³/mol. The van der Waals surface area contributed by atoms with Gasteiger partial charge in [0, 0.05) is 69.0 Å². The van der Waals surface area contributed by atoms with E-state index in [4.69, 9.17) is 10.5 Å². The molecule has 4 rings (SSSR count). The molecule has 3 heterocycles. The van der Waals surface area contributed by atoms with Crippen LogP contribution in [0.5, 0.6) is 0 Å². The van der Waals surface area contributed by atoms with E-state index in [0.717, 1.165) is 54.3 Å². The van der Waals surface area contributed by atoms with Crippen LogP contribution in [0.3, 0.4) is 0 Å². The number of carbonyl (C=O) groups excluding carboxylic acids is 2. The Morgan fingerprint density at radius 3 is 2.36 bits per heavy atom. The van der Waals surface area contributed by atoms with E-state index in [1.807, 2.05) is 48.8 Å². The van der Waals surface area contributed by atoms with Crippen LogP contribution in [0.25, 0.3) is 11.1 Å². The van der Waals surface area contributed by atoms with E-state index in [-0.39, 0.29) is 12.5 Å². The summed E-state index contributed by atoms with van der Waals surface area (Å²) in [5.74, 6) is 1.34. The number of hydrogen-bond acceptors (Lipinski definition) is 9. The normalized spacial score (nSPS) is 13.6. The van der Waals surface area contributed by atoms with Crippen LogP contribution >= 0.6 is 0 Å². The summed E-state index contributed by atoms with van der Waals surface area (Å²) < 4.78 is 5.14. The Balaban J connectivity index is 1.29. The second kappa shape index (κ2) is 12.5. The van der Waals surface area contributed by atoms with Gasteiger partial charge in [0.15, 0.2) is 0 Å². The van der Waals surface area contributed by atoms with Crippen LogP contribution in [0.15, 0.2) is 55.0 Å². The van der Waals surface area contributed by atoms with E-state index < -0.39 is 11.7 Å². The average molecular weight is 533 g/mol. The van der Waals surface area contributed by atoms with Crippen molar-refractivity contribution in [3.63, 3.8) is 0 Å². The number of pyridine rings is 1. The molecule has 0 spiro atoms. The Bertz CT molecular complexity index is 1270. The van der Waals surface area contributed by atoms with E-state index in [9.17, 15) is 9.59 Å². The Labute approximate surface area is 228 Å². The molecule has 0 aliphatic carbocycles. The molecule has 3 aromatic rings. The Kier molecular flexibility index (Phi) is 8.92. The van der Waals surface area contributed by atoms with Gasteiger partial charge in [-0.1, -0.05) is 24.3 Å². The van der Waals surface area contributed by atoms with Crippen LogP contribution in [-0.2, 0) is 22.6 Å². The largest absolute Gasteiger partial charge is 0.444 e. The molecule has 2 amide bonds. The third kappa shape index (κ3) is 7.87. The highest BCUT2D eigenvalue weighted by Gasteiger charge is 2.21. The molecule has 206 valence electrons. The van der Waals surface area contributed by atoms with Crippen LogP contribution in [0.2, 0.25) is 0 Å². The predicted octanol–water partition coefficient (Wildman–Crippen LogP) is 2.46. The van der Waals surface area contributed by atoms with Crippen LogP contribution < -0.4 is 26.2 Å². The first-order chi connectivity index (χ1) is 18.7. The smallest absolute Gasteiger partial charge is 0.408 e. The third-order valence-electron chi connectivity index (χ3n) is 6.13. The monoisotopic (exact) mass is 532 g/mol. The van der Waals surface area contributed by atoms with E-state index in [0.29, 0.717) is 19.0 Å². The number of alkyl carbamates (subject to hydrolysis) is 1. The van der Waals surface area contributed by atoms with Crippen molar-refractivity contribution in [2.24, 2.45) is 5.73 Å². The minimum absolute atomic E-state index is 0.159. The van der Waals surface area contributed by atoms with E-state index in [2.05, 4.69) is 35.4 Å². The summed E-state index contributed by atoms with van der Waals surface area (Å²) in [6, 6.07) is 11.8. The summed E-state index contributed by atoms with van der Waals surface area (Å²) in [6.45, 7) is 9.14. The lowest BCUT2D eigenvalue weighted by Gasteiger charge is -2.36. The highest BCUT2D eigenvalue weighted by molar-refractivity contribution is 5.82. The number of nitrogens with one attached hydrogen (secondary N) is 2. The van der Waals surface area contributed by atoms with Gasteiger partial charge in [-0.05, 0) is 44.0 Å². The minimum atomic E-state index is -0.626. The third-order valence-corrected chi connectivity index (χ3v) is 6.13. The summed E-state index contributed by atoms with van der Waals surface area (Å²) in [4.78, 5) is 42.1. The van der Waals surface area contributed by atoms with Crippen molar-refractivity contribution in [1.29, 1.82) is 0 Å². The van der Waals surface area contributed by atoms with Gasteiger partial charge in [-0.3, -0.25) is 4.79 Å². The van der Waals surface area contributed by atoms with E-state index >= 15 is 0 Å². The number of carbonyl (C=O) groups is 2. The second-order valence-electron chi connectivity index (χ2n) is 10.3. The number of aromatic nitrogens is 3. The first kappa shape index (κ1) is 27.8. The molecule has 1 aromatic carbocycles. The standard InChI is InChI=1S/C28H36N8O3/c1-28(2,3)39-27(38)34-19-24(37)31-16-20-6-4-7-21(14-20)23-17-32-26(33-18-23)36-12-10-35(11-13-36)25-22(15-29)8-5-9-30-25/h4-9,14,17-18H,10-13,15-16,19,29H2,1-3H3,(H,31,37)(H,34,38). The van der Waals surface area contributed by atoms with Crippen molar-refractivity contribution in [2.75, 3.05) is 42.5 Å². The molecule has 11 heteroatoms. The zero-order chi connectivity index (χ0) is 27.8. The van der Waals surface area contributed by atoms with Crippen LogP contribution in [0.4, 0.5) is 16.6 Å². The minimum Gasteiger partial charge on any atom is -0.444 e. The molecule has 1 aliphatic heterocycles. The van der Waals surface area contributed by atoms with Crippen molar-refractivity contribution in [3.05, 3.63) is 66.1 Å². The Hall–Kier alpha value is -4.25. The number of anilines is 2. The Morgan fingerprint density at radius 1 is 0.949 bits per heavy atom. The molecule has 1 saturated heterocycles. The van der Waals surface area contributed by atoms with E-state index in [1.165, 1.54) is 0 Å². The molecule has 11 nitrogen and oxygen atoms in total. The van der Waals surface area contributed by atoms with Crippen LogP contribution in [-0.4, -0.2) is 65.3 Å². The maximum Gasteiger partial charge on any atom is 0.408 e. The van der Waals surface area contributed by atoms with Crippen molar-refractivity contribution >= 4 is 23.8 Å². The molecule has 4 N–H and O–H groups in total. The van der Waals surface area contributed by atoms with Gasteiger partial charge < -0.3 is 30.9 Å². The number of nitrogens with two attached hydrogens (primary N) is 1. The number of ether oxygens (including phenoxy) is 1. The molecule has 0 bridgehead atoms. The molecular weight excluding hydrogens is 496 g/mol. The van der Waals surface area contributed by atoms with Gasteiger partial charge in [0.05, 0.1) is 0 Å². The van der Waals surface area contributed by atoms with Gasteiger partial charge in [-0.2, -0.15) is 0 Å². The second-order valence-corrected chi connectivity index (χ2v) is 10.3. The number of piperazine rings is 1. The molecule has 1 aliphatic rings. The van der Waals surface area contributed by atoms with Crippen molar-refractivity contribution in [1.82, 2.24) is 25.6 Å². The van der Waals surface area contributed by atoms with Crippen molar-refractivity contribution < 1.29 is 14.3 Å². The fourth-order valence-corrected chi connectivity index (χ4v) is 4.22. The van der Waals surface area contributed by atoms with Gasteiger partial charge in [0.1, 0.15) is 18.0 Å². The summed E-state index contributed by atoms with van der Waals surface area (Å²) in [5.41, 5.74) is 9.07. The molecule has 39 heavy (non-hydrogen) atoms. The highest BCUT2D eigenvalue weighted by atomic mass is 16.6. The molecular formula is C28H36N8O3. The topological polar surface area (TPSA) is 139 Å². The lowest BCUT2D eigenvalue weighted by atomic mass is 10.1. The quantitative estimate of drug-likeness (QED) is 0.399. The molecule has 0 radical (unpaired) electrons. The summed E-state index contributed by atoms with van der Waals surface area (Å²) >= 11 is 0. The van der Waals surface area contributed by atoms with E-state index in [1.54, 1.807) is 27.0 Å². The van der Waals surface area contributed by atoms with Crippen LogP contribution in [0, 0.1) is 0 Å². The van der Waals surface area contributed by atoms with Gasteiger partial charge in [-0.15, -0.1) is 0 Å². The Morgan fingerprint density at radius 2 is 1.67 bits per heavy atom. The lowest BCUT2D eigenvalue weighted by molar-refractivity contribution is -0.120. The number of hydrogen-bond donors (Lipinski definition) is 3. The summed E-state index contributed by atoms with van der Waals surface area (Å²) in [6.07, 6.45) is 4.82. The first-order valence-electron chi connectivity index (χ1n) is 13.0. The summed E-state index contributed by atoms with van der Waals surface area (Å²) in [5, 5.41) is 5.26. The number of rotatable bonds is 8. The maximum absolute atomic E-state index is 12.1. The average Bonchev–Trinajstić information content (AvgIpc) is 2.94. The molecule has 0 atom stereocenters. The highest BCUT2D eigenvalue weighted by Crippen LogP contribution is 2.23. The van der Waals surface area contributed by atoms with Crippen molar-refractivity contribution in [2.45, 2.75) is 39.5 Å². The molecule has 0 unspecified atom stereocenters. The maximum atomic E-state index is 12.1. The molecule has 2 aromatic heterocycles. The zero-order valence-corrected chi connectivity index (χ0v) is 22.7. The fraction of sp³-hybridized carbons (Fsp3) is 0.393. The zero-order valence-electron chi connectivity index (χ0n) is 22.7. The number of amides is 2. The van der Waals surface area contributed by atoms with Crippen molar-refractivity contribution in [3.8, 4) is 11.1 Å². The van der Waals surface area contributed by atoms with Gasteiger partial charge in [0.25, 0.3) is 0 Å². The van der Waals surface area contributed by atoms with Gasteiger partial charge in [-0.25, -0.2) is 19.7 Å². The number of benzene rings is 1.